The molecule has 7 nitrogen and oxygen atoms in total. The first-order chi connectivity index (χ1) is 15.2. The van der Waals surface area contributed by atoms with E-state index in [0.717, 1.165) is 37.2 Å². The highest BCUT2D eigenvalue weighted by molar-refractivity contribution is 5.83. The van der Waals surface area contributed by atoms with E-state index in [4.69, 9.17) is 9.26 Å². The molecule has 0 saturated carbocycles. The van der Waals surface area contributed by atoms with Crippen molar-refractivity contribution in [2.75, 3.05) is 24.5 Å². The molecular weight excluding hydrogens is 392 g/mol. The number of ether oxygens (including phenoxy) is 1. The van der Waals surface area contributed by atoms with Gasteiger partial charge in [-0.1, -0.05) is 47.1 Å². The number of amides is 1. The van der Waals surface area contributed by atoms with Crippen LogP contribution in [0.4, 0.5) is 5.69 Å². The molecule has 0 aliphatic carbocycles. The summed E-state index contributed by atoms with van der Waals surface area (Å²) in [4.78, 5) is 21.7. The zero-order chi connectivity index (χ0) is 21.2. The van der Waals surface area contributed by atoms with Crippen LogP contribution in [0.1, 0.15) is 30.7 Å². The minimum Gasteiger partial charge on any atom is -0.477 e. The maximum Gasteiger partial charge on any atom is 0.265 e. The lowest BCUT2D eigenvalue weighted by Crippen LogP contribution is -2.51. The lowest BCUT2D eigenvalue weighted by molar-refractivity contribution is -0.139. The van der Waals surface area contributed by atoms with E-state index in [1.54, 1.807) is 0 Å². The third-order valence-electron chi connectivity index (χ3n) is 5.91. The SMILES string of the molecule is Cc1ccc(-c2noc(CN3CC(C(=O)N4CCCCC4)Oc4ccccc43)n2)cc1. The fourth-order valence-electron chi connectivity index (χ4n) is 4.21. The van der Waals surface area contributed by atoms with Crippen LogP contribution >= 0.6 is 0 Å². The number of carbonyl (C=O) groups is 1. The second-order valence-electron chi connectivity index (χ2n) is 8.22. The Kier molecular flexibility index (Phi) is 5.32. The van der Waals surface area contributed by atoms with Crippen LogP contribution in [0.3, 0.4) is 0 Å². The lowest BCUT2D eigenvalue weighted by atomic mass is 10.1. The van der Waals surface area contributed by atoms with Crippen LogP contribution in [0.15, 0.2) is 53.1 Å². The lowest BCUT2D eigenvalue weighted by Gasteiger charge is -2.37. The van der Waals surface area contributed by atoms with Crippen LogP contribution in [-0.4, -0.2) is 46.7 Å². The van der Waals surface area contributed by atoms with Crippen LogP contribution in [0.2, 0.25) is 0 Å². The predicted octanol–water partition coefficient (Wildman–Crippen LogP) is 3.83. The fraction of sp³-hybridized carbons (Fsp3) is 0.375. The first kappa shape index (κ1) is 19.6. The molecule has 0 spiro atoms. The number of aromatic nitrogens is 2. The molecule has 2 aliphatic rings. The van der Waals surface area contributed by atoms with Gasteiger partial charge in [-0.05, 0) is 38.3 Å². The van der Waals surface area contributed by atoms with E-state index in [0.29, 0.717) is 30.6 Å². The molecule has 1 fully saturated rings. The Balaban J connectivity index is 1.36. The van der Waals surface area contributed by atoms with Gasteiger partial charge in [0.2, 0.25) is 11.7 Å². The Bertz CT molecular complexity index is 1060. The molecule has 2 aliphatic heterocycles. The normalized spacial score (nSPS) is 18.4. The van der Waals surface area contributed by atoms with E-state index in [1.165, 1.54) is 12.0 Å². The second-order valence-corrected chi connectivity index (χ2v) is 8.22. The summed E-state index contributed by atoms with van der Waals surface area (Å²) in [7, 11) is 0. The average Bonchev–Trinajstić information content (AvgIpc) is 3.28. The summed E-state index contributed by atoms with van der Waals surface area (Å²) in [5, 5.41) is 4.15. The van der Waals surface area contributed by atoms with Crippen LogP contribution in [0.5, 0.6) is 5.75 Å². The monoisotopic (exact) mass is 418 g/mol. The van der Waals surface area contributed by atoms with Crippen molar-refractivity contribution < 1.29 is 14.1 Å². The molecule has 31 heavy (non-hydrogen) atoms. The molecule has 1 saturated heterocycles. The number of benzene rings is 2. The van der Waals surface area contributed by atoms with Gasteiger partial charge in [0.15, 0.2) is 6.10 Å². The van der Waals surface area contributed by atoms with E-state index in [1.807, 2.05) is 60.4 Å². The Morgan fingerprint density at radius 3 is 2.65 bits per heavy atom. The fourth-order valence-corrected chi connectivity index (χ4v) is 4.21. The minimum absolute atomic E-state index is 0.0603. The number of likely N-dealkylation sites (tertiary alicyclic amines) is 1. The molecular formula is C24H26N4O3. The van der Waals surface area contributed by atoms with E-state index in [-0.39, 0.29) is 5.91 Å². The number of piperidine rings is 1. The predicted molar refractivity (Wildman–Crippen MR) is 117 cm³/mol. The van der Waals surface area contributed by atoms with Gasteiger partial charge in [-0.3, -0.25) is 4.79 Å². The molecule has 1 atom stereocenters. The van der Waals surface area contributed by atoms with Crippen molar-refractivity contribution >= 4 is 11.6 Å². The average molecular weight is 418 g/mol. The minimum atomic E-state index is -0.535. The molecule has 5 rings (SSSR count). The van der Waals surface area contributed by atoms with Gasteiger partial charge in [-0.25, -0.2) is 0 Å². The Morgan fingerprint density at radius 2 is 1.84 bits per heavy atom. The van der Waals surface area contributed by atoms with Gasteiger partial charge < -0.3 is 19.1 Å². The number of carbonyl (C=O) groups excluding carboxylic acids is 1. The Hall–Kier alpha value is -3.35. The third-order valence-corrected chi connectivity index (χ3v) is 5.91. The van der Waals surface area contributed by atoms with E-state index in [9.17, 15) is 4.79 Å². The number of rotatable bonds is 4. The maximum absolute atomic E-state index is 13.1. The number of nitrogens with zero attached hydrogens (tertiary/aromatic N) is 4. The largest absolute Gasteiger partial charge is 0.477 e. The summed E-state index contributed by atoms with van der Waals surface area (Å²) in [6, 6.07) is 15.8. The van der Waals surface area contributed by atoms with Gasteiger partial charge in [-0.15, -0.1) is 0 Å². The molecule has 0 N–H and O–H groups in total. The molecule has 2 aromatic carbocycles. The number of hydrogen-bond acceptors (Lipinski definition) is 6. The number of para-hydroxylation sites is 2. The van der Waals surface area contributed by atoms with Gasteiger partial charge in [0, 0.05) is 18.7 Å². The summed E-state index contributed by atoms with van der Waals surface area (Å²) < 4.78 is 11.6. The summed E-state index contributed by atoms with van der Waals surface area (Å²) in [5.74, 6) is 1.85. The summed E-state index contributed by atoms with van der Waals surface area (Å²) >= 11 is 0. The van der Waals surface area contributed by atoms with E-state index < -0.39 is 6.10 Å². The van der Waals surface area contributed by atoms with Gasteiger partial charge in [-0.2, -0.15) is 4.98 Å². The Morgan fingerprint density at radius 1 is 1.06 bits per heavy atom. The van der Waals surface area contributed by atoms with Gasteiger partial charge in [0.1, 0.15) is 5.75 Å². The quantitative estimate of drug-likeness (QED) is 0.641. The first-order valence-electron chi connectivity index (χ1n) is 10.9. The van der Waals surface area contributed by atoms with Crippen LogP contribution < -0.4 is 9.64 Å². The van der Waals surface area contributed by atoms with Crippen molar-refractivity contribution in [3.8, 4) is 17.1 Å². The molecule has 3 heterocycles. The zero-order valence-corrected chi connectivity index (χ0v) is 17.7. The van der Waals surface area contributed by atoms with Gasteiger partial charge in [0.25, 0.3) is 5.91 Å². The maximum atomic E-state index is 13.1. The first-order valence-corrected chi connectivity index (χ1v) is 10.9. The highest BCUT2D eigenvalue weighted by Gasteiger charge is 2.34. The number of hydrogen-bond donors (Lipinski definition) is 0. The van der Waals surface area contributed by atoms with Crippen molar-refractivity contribution in [2.45, 2.75) is 38.8 Å². The van der Waals surface area contributed by atoms with Crippen molar-refractivity contribution in [2.24, 2.45) is 0 Å². The Labute approximate surface area is 181 Å². The van der Waals surface area contributed by atoms with Crippen LogP contribution in [0, 0.1) is 6.92 Å². The molecule has 160 valence electrons. The van der Waals surface area contributed by atoms with Crippen LogP contribution in [-0.2, 0) is 11.3 Å². The van der Waals surface area contributed by atoms with Crippen molar-refractivity contribution in [1.82, 2.24) is 15.0 Å². The molecule has 7 heteroatoms. The van der Waals surface area contributed by atoms with Crippen LogP contribution in [0.25, 0.3) is 11.4 Å². The molecule has 1 unspecified atom stereocenters. The molecule has 0 radical (unpaired) electrons. The smallest absolute Gasteiger partial charge is 0.265 e. The third kappa shape index (κ3) is 4.13. The molecule has 1 amide bonds. The van der Waals surface area contributed by atoms with E-state index in [2.05, 4.69) is 15.0 Å². The number of aryl methyl sites for hydroxylation is 1. The second kappa shape index (κ2) is 8.41. The molecule has 3 aromatic rings. The summed E-state index contributed by atoms with van der Waals surface area (Å²) in [6.07, 6.45) is 2.77. The number of anilines is 1. The van der Waals surface area contributed by atoms with Gasteiger partial charge in [0.05, 0.1) is 18.8 Å². The highest BCUT2D eigenvalue weighted by Crippen LogP contribution is 2.34. The highest BCUT2D eigenvalue weighted by atomic mass is 16.5. The standard InChI is InChI=1S/C24H26N4O3/c1-17-9-11-18(12-10-17)23-25-22(31-26-23)16-28-15-21(24(29)27-13-5-2-6-14-27)30-20-8-4-3-7-19(20)28/h3-4,7-12,21H,2,5-6,13-16H2,1H3. The molecule has 0 bridgehead atoms. The molecule has 1 aromatic heterocycles. The summed E-state index contributed by atoms with van der Waals surface area (Å²) in [5.41, 5.74) is 3.03. The van der Waals surface area contributed by atoms with Gasteiger partial charge >= 0.3 is 0 Å². The van der Waals surface area contributed by atoms with E-state index >= 15 is 0 Å². The van der Waals surface area contributed by atoms with Crippen molar-refractivity contribution in [3.63, 3.8) is 0 Å². The van der Waals surface area contributed by atoms with Crippen molar-refractivity contribution in [1.29, 1.82) is 0 Å². The summed E-state index contributed by atoms with van der Waals surface area (Å²) in [6.45, 7) is 4.54. The topological polar surface area (TPSA) is 71.7 Å². The number of fused-ring (bicyclic) bond motifs is 1. The zero-order valence-electron chi connectivity index (χ0n) is 17.7. The van der Waals surface area contributed by atoms with Crippen molar-refractivity contribution in [3.05, 3.63) is 60.0 Å².